The van der Waals surface area contributed by atoms with E-state index in [1.165, 1.54) is 18.2 Å². The van der Waals surface area contributed by atoms with E-state index >= 15 is 0 Å². The van der Waals surface area contributed by atoms with Crippen molar-refractivity contribution in [3.63, 3.8) is 0 Å². The van der Waals surface area contributed by atoms with Crippen molar-refractivity contribution in [2.45, 2.75) is 44.3 Å². The Bertz CT molecular complexity index is 1000. The van der Waals surface area contributed by atoms with Gasteiger partial charge >= 0.3 is 0 Å². The average molecular weight is 437 g/mol. The molecule has 1 aliphatic rings. The van der Waals surface area contributed by atoms with E-state index in [2.05, 4.69) is 17.1 Å². The molecule has 1 aromatic heterocycles. The predicted molar refractivity (Wildman–Crippen MR) is 124 cm³/mol. The van der Waals surface area contributed by atoms with Crippen LogP contribution in [0.2, 0.25) is 0 Å². The summed E-state index contributed by atoms with van der Waals surface area (Å²) in [4.78, 5) is 14.9. The van der Waals surface area contributed by atoms with Crippen LogP contribution >= 0.6 is 11.8 Å². The molecular weight excluding hydrogens is 408 g/mol. The lowest BCUT2D eigenvalue weighted by Crippen LogP contribution is -2.42. The Balaban J connectivity index is 1.61. The summed E-state index contributed by atoms with van der Waals surface area (Å²) in [5, 5.41) is 9.61. The predicted octanol–water partition coefficient (Wildman–Crippen LogP) is 4.83. The standard InChI is InChI=1S/C24H28N4O2S/c1-3-30-21-14-12-20(13-15-21)28-23(19-10-5-4-6-11-19)25-26-24(28)31-17-22(29)27-16-8-7-9-18(27)2/h4-6,10-15,18H,3,7-9,16-17H2,1-2H3/t18-/m1/s1. The normalized spacial score (nSPS) is 16.3. The molecule has 1 amide bonds. The first kappa shape index (κ1) is 21.4. The third-order valence-corrected chi connectivity index (χ3v) is 6.43. The number of nitrogens with zero attached hydrogens (tertiary/aromatic N) is 4. The number of ether oxygens (including phenoxy) is 1. The summed E-state index contributed by atoms with van der Waals surface area (Å²) in [6, 6.07) is 18.2. The van der Waals surface area contributed by atoms with Crippen LogP contribution in [0.3, 0.4) is 0 Å². The van der Waals surface area contributed by atoms with Gasteiger partial charge in [-0.05, 0) is 57.4 Å². The van der Waals surface area contributed by atoms with Gasteiger partial charge in [-0.3, -0.25) is 9.36 Å². The summed E-state index contributed by atoms with van der Waals surface area (Å²) in [5.41, 5.74) is 1.92. The van der Waals surface area contributed by atoms with E-state index in [4.69, 9.17) is 4.74 Å². The van der Waals surface area contributed by atoms with Crippen LogP contribution in [0.5, 0.6) is 5.75 Å². The summed E-state index contributed by atoms with van der Waals surface area (Å²) in [6.07, 6.45) is 3.36. The van der Waals surface area contributed by atoms with Crippen molar-refractivity contribution in [3.8, 4) is 22.8 Å². The van der Waals surface area contributed by atoms with Crippen molar-refractivity contribution >= 4 is 17.7 Å². The number of carbonyl (C=O) groups is 1. The van der Waals surface area contributed by atoms with Gasteiger partial charge in [0, 0.05) is 23.8 Å². The number of thioether (sulfide) groups is 1. The zero-order valence-electron chi connectivity index (χ0n) is 18.0. The van der Waals surface area contributed by atoms with Gasteiger partial charge in [-0.2, -0.15) is 0 Å². The molecule has 2 heterocycles. The molecule has 0 bridgehead atoms. The van der Waals surface area contributed by atoms with Crippen LogP contribution < -0.4 is 4.74 Å². The lowest BCUT2D eigenvalue weighted by Gasteiger charge is -2.33. The highest BCUT2D eigenvalue weighted by Crippen LogP contribution is 2.29. The molecule has 1 atom stereocenters. The smallest absolute Gasteiger partial charge is 0.233 e. The highest BCUT2D eigenvalue weighted by atomic mass is 32.2. The van der Waals surface area contributed by atoms with E-state index in [0.29, 0.717) is 23.6 Å². The van der Waals surface area contributed by atoms with E-state index in [0.717, 1.165) is 42.2 Å². The van der Waals surface area contributed by atoms with Crippen molar-refractivity contribution in [1.82, 2.24) is 19.7 Å². The van der Waals surface area contributed by atoms with Crippen molar-refractivity contribution in [2.75, 3.05) is 18.9 Å². The Kier molecular flexibility index (Phi) is 6.92. The molecule has 4 rings (SSSR count). The van der Waals surface area contributed by atoms with E-state index in [-0.39, 0.29) is 5.91 Å². The fourth-order valence-electron chi connectivity index (χ4n) is 3.91. The number of amides is 1. The van der Waals surface area contributed by atoms with Crippen LogP contribution in [0.4, 0.5) is 0 Å². The second kappa shape index (κ2) is 10.0. The molecule has 1 fully saturated rings. The van der Waals surface area contributed by atoms with E-state index in [1.54, 1.807) is 0 Å². The number of carbonyl (C=O) groups excluding carboxylic acids is 1. The first-order valence-corrected chi connectivity index (χ1v) is 11.8. The molecule has 0 spiro atoms. The van der Waals surface area contributed by atoms with Gasteiger partial charge in [-0.1, -0.05) is 42.1 Å². The minimum absolute atomic E-state index is 0.166. The lowest BCUT2D eigenvalue weighted by molar-refractivity contribution is -0.131. The summed E-state index contributed by atoms with van der Waals surface area (Å²) in [5.74, 6) is 2.10. The topological polar surface area (TPSA) is 60.2 Å². The maximum Gasteiger partial charge on any atom is 0.233 e. The first-order valence-electron chi connectivity index (χ1n) is 10.8. The third kappa shape index (κ3) is 4.93. The molecule has 7 heteroatoms. The molecule has 0 unspecified atom stereocenters. The Labute approximate surface area is 187 Å². The van der Waals surface area contributed by atoms with Gasteiger partial charge in [0.15, 0.2) is 11.0 Å². The molecule has 2 aromatic carbocycles. The van der Waals surface area contributed by atoms with E-state index in [9.17, 15) is 4.79 Å². The summed E-state index contributed by atoms with van der Waals surface area (Å²) < 4.78 is 7.60. The van der Waals surface area contributed by atoms with E-state index < -0.39 is 0 Å². The minimum Gasteiger partial charge on any atom is -0.494 e. The molecule has 31 heavy (non-hydrogen) atoms. The van der Waals surface area contributed by atoms with Crippen LogP contribution in [0.1, 0.15) is 33.1 Å². The van der Waals surface area contributed by atoms with Gasteiger partial charge in [0.05, 0.1) is 12.4 Å². The number of hydrogen-bond donors (Lipinski definition) is 0. The maximum atomic E-state index is 12.9. The molecule has 162 valence electrons. The molecule has 6 nitrogen and oxygen atoms in total. The van der Waals surface area contributed by atoms with Crippen LogP contribution in [-0.4, -0.2) is 50.5 Å². The third-order valence-electron chi connectivity index (χ3n) is 5.52. The molecule has 1 aliphatic heterocycles. The van der Waals surface area contributed by atoms with Crippen molar-refractivity contribution in [2.24, 2.45) is 0 Å². The first-order chi connectivity index (χ1) is 15.2. The van der Waals surface area contributed by atoms with Crippen molar-refractivity contribution < 1.29 is 9.53 Å². The molecule has 0 saturated carbocycles. The van der Waals surface area contributed by atoms with Gasteiger partial charge in [0.1, 0.15) is 5.75 Å². The van der Waals surface area contributed by atoms with Crippen LogP contribution in [0.15, 0.2) is 59.8 Å². The van der Waals surface area contributed by atoms with E-state index in [1.807, 2.05) is 71.0 Å². The zero-order valence-corrected chi connectivity index (χ0v) is 18.8. The Morgan fingerprint density at radius 1 is 1.10 bits per heavy atom. The highest BCUT2D eigenvalue weighted by molar-refractivity contribution is 7.99. The molecular formula is C24H28N4O2S. The summed E-state index contributed by atoms with van der Waals surface area (Å²) in [6.45, 7) is 5.58. The fraction of sp³-hybridized carbons (Fsp3) is 0.375. The number of hydrogen-bond acceptors (Lipinski definition) is 5. The Morgan fingerprint density at radius 2 is 1.87 bits per heavy atom. The number of likely N-dealkylation sites (tertiary alicyclic amines) is 1. The second-order valence-electron chi connectivity index (χ2n) is 7.66. The largest absolute Gasteiger partial charge is 0.494 e. The molecule has 3 aromatic rings. The lowest BCUT2D eigenvalue weighted by atomic mass is 10.0. The maximum absolute atomic E-state index is 12.9. The number of aromatic nitrogens is 3. The van der Waals surface area contributed by atoms with Gasteiger partial charge in [-0.15, -0.1) is 10.2 Å². The van der Waals surface area contributed by atoms with Crippen molar-refractivity contribution in [1.29, 1.82) is 0 Å². The summed E-state index contributed by atoms with van der Waals surface area (Å²) in [7, 11) is 0. The average Bonchev–Trinajstić information content (AvgIpc) is 3.23. The highest BCUT2D eigenvalue weighted by Gasteiger charge is 2.24. The Morgan fingerprint density at radius 3 is 2.58 bits per heavy atom. The summed E-state index contributed by atoms with van der Waals surface area (Å²) >= 11 is 1.44. The van der Waals surface area contributed by atoms with Crippen LogP contribution in [0, 0.1) is 0 Å². The van der Waals surface area contributed by atoms with Gasteiger partial charge in [-0.25, -0.2) is 0 Å². The number of benzene rings is 2. The quantitative estimate of drug-likeness (QED) is 0.497. The molecule has 1 saturated heterocycles. The minimum atomic E-state index is 0.166. The van der Waals surface area contributed by atoms with Crippen LogP contribution in [-0.2, 0) is 4.79 Å². The number of rotatable bonds is 7. The van der Waals surface area contributed by atoms with Gasteiger partial charge in [0.25, 0.3) is 0 Å². The molecule has 0 N–H and O–H groups in total. The second-order valence-corrected chi connectivity index (χ2v) is 8.60. The number of piperidine rings is 1. The fourth-order valence-corrected chi connectivity index (χ4v) is 4.74. The van der Waals surface area contributed by atoms with Crippen molar-refractivity contribution in [3.05, 3.63) is 54.6 Å². The SMILES string of the molecule is CCOc1ccc(-n2c(SCC(=O)N3CCCC[C@H]3C)nnc2-c2ccccc2)cc1. The molecule has 0 aliphatic carbocycles. The van der Waals surface area contributed by atoms with Crippen LogP contribution in [0.25, 0.3) is 17.1 Å². The molecule has 0 radical (unpaired) electrons. The van der Waals surface area contributed by atoms with Gasteiger partial charge in [0.2, 0.25) is 5.91 Å². The Hall–Kier alpha value is -2.80. The zero-order chi connectivity index (χ0) is 21.6. The van der Waals surface area contributed by atoms with Gasteiger partial charge < -0.3 is 9.64 Å². The monoisotopic (exact) mass is 436 g/mol.